The number of rotatable bonds is 3. The van der Waals surface area contributed by atoms with Crippen LogP contribution in [0, 0.1) is 0 Å². The van der Waals surface area contributed by atoms with Gasteiger partial charge in [-0.2, -0.15) is 0 Å². The molecule has 2 rings (SSSR count). The number of nitrogens with zero attached hydrogens (tertiary/aromatic N) is 3. The van der Waals surface area contributed by atoms with Crippen LogP contribution in [0.4, 0.5) is 10.5 Å². The number of piperazine rings is 1. The predicted molar refractivity (Wildman–Crippen MR) is 102 cm³/mol. The second kappa shape index (κ2) is 8.40. The number of alkyl halides is 1. The highest BCUT2D eigenvalue weighted by Gasteiger charge is 2.28. The first-order valence-corrected chi connectivity index (χ1v) is 8.99. The molecule has 0 radical (unpaired) electrons. The van der Waals surface area contributed by atoms with E-state index in [4.69, 9.17) is 22.1 Å². The minimum Gasteiger partial charge on any atom is -0.444 e. The first kappa shape index (κ1) is 20.0. The van der Waals surface area contributed by atoms with Gasteiger partial charge in [0.15, 0.2) is 0 Å². The molecule has 1 saturated heterocycles. The van der Waals surface area contributed by atoms with Crippen LogP contribution in [0.15, 0.2) is 29.3 Å². The normalized spacial score (nSPS) is 15.8. The number of aliphatic imine (C=N–C) groups is 1. The number of hydrogen-bond acceptors (Lipinski definition) is 4. The molecule has 0 bridgehead atoms. The van der Waals surface area contributed by atoms with Crippen LogP contribution >= 0.6 is 11.6 Å². The summed E-state index contributed by atoms with van der Waals surface area (Å²) in [6.07, 6.45) is -0.350. The fourth-order valence-corrected chi connectivity index (χ4v) is 2.57. The standard InChI is InChI=1S/C18H25ClN4O3/c1-18(2,3)26-17(25)23-9-7-22(8-10-23)16(24)13-5-4-6-14(11-13)21-15(20)12-19/h4-6,11H,7-10,12H2,1-3H3,(H2,20,21). The summed E-state index contributed by atoms with van der Waals surface area (Å²) in [6.45, 7) is 7.28. The summed E-state index contributed by atoms with van der Waals surface area (Å²) >= 11 is 5.63. The molecule has 1 aromatic rings. The van der Waals surface area contributed by atoms with Crippen molar-refractivity contribution in [3.63, 3.8) is 0 Å². The predicted octanol–water partition coefficient (Wildman–Crippen LogP) is 2.61. The molecule has 8 heteroatoms. The number of amides is 2. The highest BCUT2D eigenvalue weighted by Crippen LogP contribution is 2.17. The maximum atomic E-state index is 12.7. The van der Waals surface area contributed by atoms with Crippen molar-refractivity contribution >= 4 is 35.1 Å². The molecule has 1 aromatic carbocycles. The van der Waals surface area contributed by atoms with Crippen LogP contribution in [0.25, 0.3) is 0 Å². The number of nitrogens with two attached hydrogens (primary N) is 1. The minimum absolute atomic E-state index is 0.102. The maximum Gasteiger partial charge on any atom is 0.410 e. The number of benzene rings is 1. The second-order valence-electron chi connectivity index (χ2n) is 7.05. The van der Waals surface area contributed by atoms with Crippen molar-refractivity contribution in [2.24, 2.45) is 10.7 Å². The monoisotopic (exact) mass is 380 g/mol. The molecule has 26 heavy (non-hydrogen) atoms. The Hall–Kier alpha value is -2.28. The van der Waals surface area contributed by atoms with Crippen LogP contribution in [0.3, 0.4) is 0 Å². The minimum atomic E-state index is -0.532. The van der Waals surface area contributed by atoms with E-state index in [1.807, 2.05) is 20.8 Å². The average Bonchev–Trinajstić information content (AvgIpc) is 2.60. The van der Waals surface area contributed by atoms with E-state index in [1.165, 1.54) is 0 Å². The third kappa shape index (κ3) is 5.62. The molecule has 0 unspecified atom stereocenters. The number of amidine groups is 1. The Morgan fingerprint density at radius 2 is 1.81 bits per heavy atom. The van der Waals surface area contributed by atoms with Gasteiger partial charge in [-0.05, 0) is 39.0 Å². The van der Waals surface area contributed by atoms with E-state index in [9.17, 15) is 9.59 Å². The van der Waals surface area contributed by atoms with Crippen LogP contribution in [0.2, 0.25) is 0 Å². The molecule has 142 valence electrons. The first-order chi connectivity index (χ1) is 12.2. The molecule has 0 aromatic heterocycles. The van der Waals surface area contributed by atoms with E-state index >= 15 is 0 Å². The third-order valence-corrected chi connectivity index (χ3v) is 4.00. The van der Waals surface area contributed by atoms with Crippen LogP contribution < -0.4 is 5.73 Å². The van der Waals surface area contributed by atoms with Gasteiger partial charge in [0.05, 0.1) is 11.6 Å². The molecule has 2 N–H and O–H groups in total. The molecular formula is C18H25ClN4O3. The van der Waals surface area contributed by atoms with E-state index in [2.05, 4.69) is 4.99 Å². The zero-order valence-corrected chi connectivity index (χ0v) is 16.1. The van der Waals surface area contributed by atoms with Gasteiger partial charge < -0.3 is 20.3 Å². The Morgan fingerprint density at radius 1 is 1.19 bits per heavy atom. The summed E-state index contributed by atoms with van der Waals surface area (Å²) in [5, 5.41) is 0. The van der Waals surface area contributed by atoms with Gasteiger partial charge in [-0.1, -0.05) is 6.07 Å². The zero-order valence-electron chi connectivity index (χ0n) is 15.4. The van der Waals surface area contributed by atoms with Crippen molar-refractivity contribution < 1.29 is 14.3 Å². The lowest BCUT2D eigenvalue weighted by Crippen LogP contribution is -2.51. The summed E-state index contributed by atoms with van der Waals surface area (Å²) in [4.78, 5) is 32.3. The fourth-order valence-electron chi connectivity index (χ4n) is 2.51. The van der Waals surface area contributed by atoms with Crippen molar-refractivity contribution in [2.75, 3.05) is 32.1 Å². The van der Waals surface area contributed by atoms with Crippen LogP contribution in [0.1, 0.15) is 31.1 Å². The molecule has 1 heterocycles. The Bertz CT molecular complexity index is 692. The van der Waals surface area contributed by atoms with Gasteiger partial charge in [0.1, 0.15) is 11.4 Å². The lowest BCUT2D eigenvalue weighted by atomic mass is 10.1. The maximum absolute atomic E-state index is 12.7. The molecule has 1 fully saturated rings. The van der Waals surface area contributed by atoms with Crippen molar-refractivity contribution in [2.45, 2.75) is 26.4 Å². The third-order valence-electron chi connectivity index (χ3n) is 3.72. The molecule has 0 spiro atoms. The Labute approximate surface area is 158 Å². The van der Waals surface area contributed by atoms with E-state index in [0.717, 1.165) is 0 Å². The molecule has 1 aliphatic heterocycles. The fraction of sp³-hybridized carbons (Fsp3) is 0.500. The van der Waals surface area contributed by atoms with Gasteiger partial charge in [0, 0.05) is 31.7 Å². The smallest absolute Gasteiger partial charge is 0.410 e. The van der Waals surface area contributed by atoms with Crippen molar-refractivity contribution in [1.82, 2.24) is 9.80 Å². The van der Waals surface area contributed by atoms with Gasteiger partial charge in [0.25, 0.3) is 5.91 Å². The number of halogens is 1. The van der Waals surface area contributed by atoms with Crippen molar-refractivity contribution in [3.05, 3.63) is 29.8 Å². The van der Waals surface area contributed by atoms with Crippen molar-refractivity contribution in [1.29, 1.82) is 0 Å². The summed E-state index contributed by atoms with van der Waals surface area (Å²) < 4.78 is 5.37. The van der Waals surface area contributed by atoms with Crippen LogP contribution in [0.5, 0.6) is 0 Å². The summed E-state index contributed by atoms with van der Waals surface area (Å²) in [5.74, 6) is 0.322. The van der Waals surface area contributed by atoms with Crippen LogP contribution in [-0.4, -0.2) is 65.3 Å². The Morgan fingerprint density at radius 3 is 2.38 bits per heavy atom. The molecule has 0 saturated carbocycles. The Balaban J connectivity index is 1.98. The van der Waals surface area contributed by atoms with Crippen LogP contribution in [-0.2, 0) is 4.74 Å². The number of hydrogen-bond donors (Lipinski definition) is 1. The quantitative estimate of drug-likeness (QED) is 0.496. The van der Waals surface area contributed by atoms with Gasteiger partial charge in [-0.15, -0.1) is 11.6 Å². The van der Waals surface area contributed by atoms with E-state index in [0.29, 0.717) is 43.3 Å². The highest BCUT2D eigenvalue weighted by atomic mass is 35.5. The van der Waals surface area contributed by atoms with Gasteiger partial charge in [0.2, 0.25) is 0 Å². The molecule has 1 aliphatic rings. The van der Waals surface area contributed by atoms with E-state index in [1.54, 1.807) is 34.1 Å². The highest BCUT2D eigenvalue weighted by molar-refractivity contribution is 6.28. The second-order valence-corrected chi connectivity index (χ2v) is 7.31. The average molecular weight is 381 g/mol. The van der Waals surface area contributed by atoms with Gasteiger partial charge >= 0.3 is 6.09 Å². The van der Waals surface area contributed by atoms with Gasteiger partial charge in [-0.3, -0.25) is 4.79 Å². The SMILES string of the molecule is CC(C)(C)OC(=O)N1CCN(C(=O)c2cccc(N=C(N)CCl)c2)CC1. The van der Waals surface area contributed by atoms with E-state index < -0.39 is 5.60 Å². The number of carbonyl (C=O) groups excluding carboxylic acids is 2. The lowest BCUT2D eigenvalue weighted by Gasteiger charge is -2.35. The first-order valence-electron chi connectivity index (χ1n) is 8.46. The lowest BCUT2D eigenvalue weighted by molar-refractivity contribution is 0.0141. The largest absolute Gasteiger partial charge is 0.444 e. The summed E-state index contributed by atoms with van der Waals surface area (Å²) in [5.41, 5.74) is 6.21. The molecule has 0 atom stereocenters. The molecular weight excluding hydrogens is 356 g/mol. The molecule has 0 aliphatic carbocycles. The Kier molecular flexibility index (Phi) is 6.47. The summed E-state index contributed by atoms with van der Waals surface area (Å²) in [6, 6.07) is 6.93. The molecule has 2 amide bonds. The van der Waals surface area contributed by atoms with Gasteiger partial charge in [-0.25, -0.2) is 9.79 Å². The number of ether oxygens (including phenoxy) is 1. The van der Waals surface area contributed by atoms with E-state index in [-0.39, 0.29) is 17.9 Å². The number of carbonyl (C=O) groups is 2. The zero-order chi connectivity index (χ0) is 19.3. The topological polar surface area (TPSA) is 88.2 Å². The van der Waals surface area contributed by atoms with Crippen molar-refractivity contribution in [3.8, 4) is 0 Å². The molecule has 7 nitrogen and oxygen atoms in total. The summed E-state index contributed by atoms with van der Waals surface area (Å²) in [7, 11) is 0.